The average Bonchev–Trinajstić information content (AvgIpc) is 3.45. The Morgan fingerprint density at radius 1 is 0.824 bits per heavy atom. The van der Waals surface area contributed by atoms with E-state index in [1.165, 1.54) is 0 Å². The largest absolute Gasteiger partial charge is 0.460 e. The van der Waals surface area contributed by atoms with Gasteiger partial charge in [-0.3, -0.25) is 34.2 Å². The summed E-state index contributed by atoms with van der Waals surface area (Å²) in [6, 6.07) is 1.76. The first-order valence-electron chi connectivity index (χ1n) is 17.3. The van der Waals surface area contributed by atoms with Crippen LogP contribution in [0.15, 0.2) is 30.5 Å². The van der Waals surface area contributed by atoms with Gasteiger partial charge in [0.2, 0.25) is 23.6 Å². The number of nitrogens with one attached hydrogen (secondary N) is 6. The zero-order chi connectivity index (χ0) is 38.5. The topological polar surface area (TPSA) is 266 Å². The average molecular weight is 716 g/mol. The number of ether oxygens (including phenoxy) is 1. The molecule has 0 saturated heterocycles. The number of esters is 1. The number of carbonyl (C=O) groups is 6. The molecular weight excluding hydrogens is 658 g/mol. The Morgan fingerprint density at radius 2 is 1.43 bits per heavy atom. The lowest BCUT2D eigenvalue weighted by atomic mass is 9.99. The first-order chi connectivity index (χ1) is 23.9. The van der Waals surface area contributed by atoms with Crippen LogP contribution in [0.3, 0.4) is 0 Å². The van der Waals surface area contributed by atoms with Crippen molar-refractivity contribution in [3.05, 3.63) is 36.0 Å². The van der Waals surface area contributed by atoms with Crippen LogP contribution in [0.2, 0.25) is 0 Å². The molecule has 0 unspecified atom stereocenters. The predicted molar refractivity (Wildman–Crippen MR) is 193 cm³/mol. The van der Waals surface area contributed by atoms with Gasteiger partial charge in [-0.2, -0.15) is 0 Å². The number of H-pyrrole nitrogens is 1. The number of nitrogens with two attached hydrogens (primary N) is 3. The zero-order valence-corrected chi connectivity index (χ0v) is 30.8. The summed E-state index contributed by atoms with van der Waals surface area (Å²) in [5, 5.41) is 11.4. The third kappa shape index (κ3) is 13.9. The molecule has 0 aliphatic carbocycles. The number of carbonyl (C=O) groups excluding carboxylic acids is 6. The van der Waals surface area contributed by atoms with Crippen molar-refractivity contribution in [3.63, 3.8) is 0 Å². The van der Waals surface area contributed by atoms with E-state index in [1.54, 1.807) is 40.8 Å². The zero-order valence-electron chi connectivity index (χ0n) is 30.8. The highest BCUT2D eigenvalue weighted by molar-refractivity contribution is 5.97. The number of para-hydroxylation sites is 1. The van der Waals surface area contributed by atoms with E-state index in [1.807, 2.05) is 43.5 Å². The summed E-state index contributed by atoms with van der Waals surface area (Å²) >= 11 is 0. The van der Waals surface area contributed by atoms with Crippen molar-refractivity contribution >= 4 is 46.4 Å². The first-order valence-corrected chi connectivity index (χ1v) is 17.3. The normalized spacial score (nSPS) is 14.6. The van der Waals surface area contributed by atoms with Gasteiger partial charge < -0.3 is 42.5 Å². The van der Waals surface area contributed by atoms with Crippen LogP contribution in [0.1, 0.15) is 79.7 Å². The molecule has 0 aliphatic rings. The van der Waals surface area contributed by atoms with Gasteiger partial charge in [0.15, 0.2) is 0 Å². The van der Waals surface area contributed by atoms with E-state index in [-0.39, 0.29) is 25.3 Å². The second kappa shape index (κ2) is 19.7. The standard InChI is InChI=1S/C35H57N9O7/c1-19(2)15-26(33(49)44-38)42-34(50)29(20(3)4)43-31(47)25(13-10-14-36)40-32(48)27(17-28(45)51-35(5,6)7)41-30(46)23(37)16-21-18-39-24-12-9-8-11-22(21)24/h8-9,11-12,18-20,23,25-27,29,39H,10,13-17,36-38H2,1-7H3,(H,40,48)(H,41,46)(H,42,50)(H,43,47)(H,44,49)/t23-,25+,26+,27-,29-/m1/s1. The van der Waals surface area contributed by atoms with Crippen molar-refractivity contribution in [3.8, 4) is 0 Å². The molecule has 5 amide bonds. The number of amides is 5. The number of hydrogen-bond acceptors (Lipinski definition) is 10. The molecule has 0 bridgehead atoms. The van der Waals surface area contributed by atoms with Gasteiger partial charge in [0, 0.05) is 17.1 Å². The maximum Gasteiger partial charge on any atom is 0.308 e. The van der Waals surface area contributed by atoms with Gasteiger partial charge in [-0.15, -0.1) is 0 Å². The molecule has 284 valence electrons. The van der Waals surface area contributed by atoms with Crippen molar-refractivity contribution in [2.24, 2.45) is 29.1 Å². The minimum atomic E-state index is -1.45. The number of rotatable bonds is 19. The number of aromatic amines is 1. The Kier molecular flexibility index (Phi) is 16.5. The van der Waals surface area contributed by atoms with Crippen LogP contribution in [-0.4, -0.2) is 82.8 Å². The number of fused-ring (bicyclic) bond motifs is 1. The predicted octanol–water partition coefficient (Wildman–Crippen LogP) is 0.140. The molecular formula is C35H57N9O7. The summed E-state index contributed by atoms with van der Waals surface area (Å²) in [5.41, 5.74) is 14.8. The summed E-state index contributed by atoms with van der Waals surface area (Å²) in [5.74, 6) is 0.757. The highest BCUT2D eigenvalue weighted by Gasteiger charge is 2.34. The number of aromatic nitrogens is 1. The highest BCUT2D eigenvalue weighted by Crippen LogP contribution is 2.19. The van der Waals surface area contributed by atoms with Gasteiger partial charge in [-0.1, -0.05) is 45.9 Å². The molecule has 1 aromatic carbocycles. The minimum Gasteiger partial charge on any atom is -0.460 e. The van der Waals surface area contributed by atoms with E-state index in [0.717, 1.165) is 16.5 Å². The Balaban J connectivity index is 2.28. The second-order valence-corrected chi connectivity index (χ2v) is 14.4. The van der Waals surface area contributed by atoms with Crippen molar-refractivity contribution in [1.82, 2.24) is 31.7 Å². The van der Waals surface area contributed by atoms with E-state index < -0.39 is 83.7 Å². The van der Waals surface area contributed by atoms with E-state index in [0.29, 0.717) is 12.8 Å². The van der Waals surface area contributed by atoms with E-state index >= 15 is 0 Å². The van der Waals surface area contributed by atoms with Crippen LogP contribution in [0.5, 0.6) is 0 Å². The van der Waals surface area contributed by atoms with E-state index in [2.05, 4.69) is 26.3 Å². The van der Waals surface area contributed by atoms with Crippen molar-refractivity contribution in [1.29, 1.82) is 0 Å². The Labute approximate surface area is 299 Å². The fourth-order valence-corrected chi connectivity index (χ4v) is 5.38. The van der Waals surface area contributed by atoms with Crippen LogP contribution >= 0.6 is 0 Å². The third-order valence-electron chi connectivity index (χ3n) is 7.93. The van der Waals surface area contributed by atoms with Crippen LogP contribution < -0.4 is 44.0 Å². The van der Waals surface area contributed by atoms with Crippen molar-refractivity contribution in [2.75, 3.05) is 6.54 Å². The fourth-order valence-electron chi connectivity index (χ4n) is 5.38. The molecule has 1 aromatic heterocycles. The molecule has 12 N–H and O–H groups in total. The molecule has 2 rings (SSSR count). The fraction of sp³-hybridized carbons (Fsp3) is 0.600. The summed E-state index contributed by atoms with van der Waals surface area (Å²) in [7, 11) is 0. The molecule has 1 heterocycles. The van der Waals surface area contributed by atoms with Gasteiger partial charge in [0.05, 0.1) is 12.5 Å². The molecule has 16 heteroatoms. The molecule has 51 heavy (non-hydrogen) atoms. The lowest BCUT2D eigenvalue weighted by Gasteiger charge is -2.28. The maximum atomic E-state index is 13.8. The number of hydrazine groups is 1. The molecule has 0 radical (unpaired) electrons. The summed E-state index contributed by atoms with van der Waals surface area (Å²) in [6.45, 7) is 12.4. The third-order valence-corrected chi connectivity index (χ3v) is 7.93. The maximum absolute atomic E-state index is 13.8. The first kappa shape index (κ1) is 42.6. The van der Waals surface area contributed by atoms with Crippen LogP contribution in [0.25, 0.3) is 10.9 Å². The van der Waals surface area contributed by atoms with Gasteiger partial charge in [-0.25, -0.2) is 5.84 Å². The van der Waals surface area contributed by atoms with E-state index in [4.69, 9.17) is 22.0 Å². The highest BCUT2D eigenvalue weighted by atomic mass is 16.6. The number of hydrogen-bond donors (Lipinski definition) is 9. The molecule has 16 nitrogen and oxygen atoms in total. The Morgan fingerprint density at radius 3 is 2.02 bits per heavy atom. The molecule has 0 aliphatic heterocycles. The van der Waals surface area contributed by atoms with Gasteiger partial charge in [0.25, 0.3) is 5.91 Å². The second-order valence-electron chi connectivity index (χ2n) is 14.4. The quantitative estimate of drug-likeness (QED) is 0.0411. The Hall–Kier alpha value is -4.54. The van der Waals surface area contributed by atoms with E-state index in [9.17, 15) is 28.8 Å². The molecule has 0 fully saturated rings. The summed E-state index contributed by atoms with van der Waals surface area (Å²) in [6.07, 6.45) is 2.06. The lowest BCUT2D eigenvalue weighted by Crippen LogP contribution is -2.60. The SMILES string of the molecule is CC(C)C[C@H](NC(=O)[C@H](NC(=O)[C@H](CCCN)NC(=O)[C@@H](CC(=O)OC(C)(C)C)NC(=O)[C@H](N)Cc1c[nH]c2ccccc12)C(C)C)C(=O)NN. The number of benzene rings is 1. The summed E-state index contributed by atoms with van der Waals surface area (Å²) < 4.78 is 5.41. The van der Waals surface area contributed by atoms with Crippen LogP contribution in [-0.2, 0) is 39.9 Å². The molecule has 2 aromatic rings. The van der Waals surface area contributed by atoms with Gasteiger partial charge in [0.1, 0.15) is 29.8 Å². The molecule has 0 saturated carbocycles. The summed E-state index contributed by atoms with van der Waals surface area (Å²) in [4.78, 5) is 82.4. The Bertz CT molecular complexity index is 1500. The van der Waals surface area contributed by atoms with Crippen molar-refractivity contribution < 1.29 is 33.5 Å². The minimum absolute atomic E-state index is 0.0488. The molecule has 5 atom stereocenters. The van der Waals surface area contributed by atoms with Crippen LogP contribution in [0, 0.1) is 11.8 Å². The monoisotopic (exact) mass is 715 g/mol. The smallest absolute Gasteiger partial charge is 0.308 e. The van der Waals surface area contributed by atoms with Gasteiger partial charge >= 0.3 is 5.97 Å². The van der Waals surface area contributed by atoms with Crippen molar-refractivity contribution in [2.45, 2.75) is 116 Å². The van der Waals surface area contributed by atoms with Crippen LogP contribution in [0.4, 0.5) is 0 Å². The van der Waals surface area contributed by atoms with Gasteiger partial charge in [-0.05, 0) is 76.5 Å². The lowest BCUT2D eigenvalue weighted by molar-refractivity contribution is -0.156. The molecule has 0 spiro atoms.